The van der Waals surface area contributed by atoms with Crippen LogP contribution in [0.1, 0.15) is 74.9 Å². The van der Waals surface area contributed by atoms with Gasteiger partial charge in [0.05, 0.1) is 0 Å². The van der Waals surface area contributed by atoms with Gasteiger partial charge in [0, 0.05) is 11.6 Å². The van der Waals surface area contributed by atoms with E-state index in [0.717, 1.165) is 24.0 Å². The van der Waals surface area contributed by atoms with Gasteiger partial charge in [0.15, 0.2) is 5.78 Å². The molecule has 158 valence electrons. The number of carbonyl (C=O) groups is 1. The van der Waals surface area contributed by atoms with Crippen molar-refractivity contribution >= 4 is 5.78 Å². The minimum atomic E-state index is 0.0217. The second kappa shape index (κ2) is 12.7. The molecular formula is C25H34O4. The van der Waals surface area contributed by atoms with Crippen LogP contribution < -0.4 is 0 Å². The van der Waals surface area contributed by atoms with Crippen LogP contribution in [-0.2, 0) is 12.8 Å². The van der Waals surface area contributed by atoms with Crippen molar-refractivity contribution in [2.45, 2.75) is 66.2 Å². The SMILES string of the molecule is CC(=O)c1ccc(O)c(CC=C(C)C)c1.CCCCCCc1ccc(O)cc1O. The number of ketones is 1. The highest BCUT2D eigenvalue weighted by molar-refractivity contribution is 5.94. The van der Waals surface area contributed by atoms with E-state index in [4.69, 9.17) is 5.11 Å². The third kappa shape index (κ3) is 9.33. The second-order valence-corrected chi connectivity index (χ2v) is 7.51. The Balaban J connectivity index is 0.000000291. The highest BCUT2D eigenvalue weighted by Gasteiger charge is 2.04. The van der Waals surface area contributed by atoms with Crippen LogP contribution in [0, 0.1) is 0 Å². The molecule has 3 N–H and O–H groups in total. The van der Waals surface area contributed by atoms with Crippen molar-refractivity contribution < 1.29 is 20.1 Å². The predicted octanol–water partition coefficient (Wildman–Crippen LogP) is 6.32. The second-order valence-electron chi connectivity index (χ2n) is 7.51. The quantitative estimate of drug-likeness (QED) is 0.276. The van der Waals surface area contributed by atoms with Crippen molar-refractivity contribution in [3.8, 4) is 17.2 Å². The van der Waals surface area contributed by atoms with Crippen LogP contribution in [0.2, 0.25) is 0 Å². The van der Waals surface area contributed by atoms with E-state index in [9.17, 15) is 15.0 Å². The number of hydrogen-bond donors (Lipinski definition) is 3. The van der Waals surface area contributed by atoms with E-state index in [2.05, 4.69) is 6.92 Å². The fraction of sp³-hybridized carbons (Fsp3) is 0.400. The number of carbonyl (C=O) groups excluding carboxylic acids is 1. The Morgan fingerprint density at radius 1 is 0.862 bits per heavy atom. The molecule has 4 heteroatoms. The molecule has 2 aromatic carbocycles. The van der Waals surface area contributed by atoms with E-state index in [1.54, 1.807) is 30.3 Å². The number of aryl methyl sites for hydroxylation is 1. The van der Waals surface area contributed by atoms with E-state index < -0.39 is 0 Å². The normalized spacial score (nSPS) is 10.1. The zero-order valence-corrected chi connectivity index (χ0v) is 18.0. The Hall–Kier alpha value is -2.75. The van der Waals surface area contributed by atoms with Gasteiger partial charge in [0.1, 0.15) is 17.2 Å². The highest BCUT2D eigenvalue weighted by Crippen LogP contribution is 2.24. The van der Waals surface area contributed by atoms with Gasteiger partial charge in [-0.3, -0.25) is 4.79 Å². The number of allylic oxidation sites excluding steroid dienone is 2. The number of phenolic OH excluding ortho intramolecular Hbond substituents is 3. The maximum Gasteiger partial charge on any atom is 0.159 e. The van der Waals surface area contributed by atoms with Crippen LogP contribution in [0.3, 0.4) is 0 Å². The standard InChI is InChI=1S/C13H16O2.C12H18O2/c1-9(2)4-5-12-8-11(10(3)14)6-7-13(12)15;1-2-3-4-5-6-10-7-8-11(13)9-12(10)14/h4,6-8,15H,5H2,1-3H3;7-9,13-14H,2-6H2,1H3. The molecule has 0 fully saturated rings. The van der Waals surface area contributed by atoms with E-state index in [1.807, 2.05) is 19.9 Å². The number of rotatable bonds is 8. The first-order valence-electron chi connectivity index (χ1n) is 10.2. The summed E-state index contributed by atoms with van der Waals surface area (Å²) < 4.78 is 0. The summed E-state index contributed by atoms with van der Waals surface area (Å²) in [6.07, 6.45) is 8.36. The summed E-state index contributed by atoms with van der Waals surface area (Å²) in [5.41, 5.74) is 3.57. The van der Waals surface area contributed by atoms with Crippen molar-refractivity contribution in [2.24, 2.45) is 0 Å². The summed E-state index contributed by atoms with van der Waals surface area (Å²) >= 11 is 0. The Bertz CT molecular complexity index is 818. The van der Waals surface area contributed by atoms with Gasteiger partial charge in [-0.15, -0.1) is 0 Å². The summed E-state index contributed by atoms with van der Waals surface area (Å²) in [5, 5.41) is 28.2. The summed E-state index contributed by atoms with van der Waals surface area (Å²) in [5.74, 6) is 0.604. The van der Waals surface area contributed by atoms with Gasteiger partial charge >= 0.3 is 0 Å². The molecule has 0 bridgehead atoms. The molecule has 0 saturated carbocycles. The number of aromatic hydroxyl groups is 3. The minimum Gasteiger partial charge on any atom is -0.508 e. The lowest BCUT2D eigenvalue weighted by Crippen LogP contribution is -1.94. The molecule has 29 heavy (non-hydrogen) atoms. The molecule has 2 rings (SSSR count). The number of phenols is 3. The van der Waals surface area contributed by atoms with Gasteiger partial charge in [-0.05, 0) is 75.4 Å². The first-order valence-corrected chi connectivity index (χ1v) is 10.2. The smallest absolute Gasteiger partial charge is 0.159 e. The Morgan fingerprint density at radius 2 is 1.59 bits per heavy atom. The maximum absolute atomic E-state index is 11.1. The molecule has 0 spiro atoms. The average molecular weight is 399 g/mol. The first kappa shape index (κ1) is 24.3. The molecule has 0 amide bonds. The van der Waals surface area contributed by atoms with Gasteiger partial charge in [-0.1, -0.05) is 43.9 Å². The molecule has 0 aliphatic rings. The Kier molecular flexibility index (Phi) is 10.6. The van der Waals surface area contributed by atoms with Crippen LogP contribution in [0.5, 0.6) is 17.2 Å². The molecule has 0 atom stereocenters. The monoisotopic (exact) mass is 398 g/mol. The Labute approximate surface area is 174 Å². The van der Waals surface area contributed by atoms with Crippen molar-refractivity contribution in [1.29, 1.82) is 0 Å². The molecule has 4 nitrogen and oxygen atoms in total. The molecule has 0 aliphatic heterocycles. The number of Topliss-reactive ketones (excluding diaryl/α,β-unsaturated/α-hetero) is 1. The summed E-state index contributed by atoms with van der Waals surface area (Å²) in [6.45, 7) is 7.72. The van der Waals surface area contributed by atoms with E-state index in [1.165, 1.54) is 37.8 Å². The van der Waals surface area contributed by atoms with Crippen molar-refractivity contribution in [2.75, 3.05) is 0 Å². The fourth-order valence-corrected chi connectivity index (χ4v) is 2.79. The van der Waals surface area contributed by atoms with Crippen LogP contribution in [0.25, 0.3) is 0 Å². The van der Waals surface area contributed by atoms with Crippen LogP contribution in [0.15, 0.2) is 48.0 Å². The fourth-order valence-electron chi connectivity index (χ4n) is 2.79. The predicted molar refractivity (Wildman–Crippen MR) is 119 cm³/mol. The summed E-state index contributed by atoms with van der Waals surface area (Å²) in [6, 6.07) is 9.77. The molecule has 0 aromatic heterocycles. The van der Waals surface area contributed by atoms with Crippen LogP contribution in [-0.4, -0.2) is 21.1 Å². The zero-order chi connectivity index (χ0) is 21.8. The highest BCUT2D eigenvalue weighted by atomic mass is 16.3. The number of unbranched alkanes of at least 4 members (excludes halogenated alkanes) is 3. The molecule has 0 radical (unpaired) electrons. The molecule has 0 heterocycles. The van der Waals surface area contributed by atoms with E-state index in [-0.39, 0.29) is 23.0 Å². The first-order chi connectivity index (χ1) is 13.7. The summed E-state index contributed by atoms with van der Waals surface area (Å²) in [7, 11) is 0. The molecular weight excluding hydrogens is 364 g/mol. The van der Waals surface area contributed by atoms with E-state index >= 15 is 0 Å². The van der Waals surface area contributed by atoms with Gasteiger partial charge in [-0.2, -0.15) is 0 Å². The lowest BCUT2D eigenvalue weighted by atomic mass is 10.0. The zero-order valence-electron chi connectivity index (χ0n) is 18.0. The van der Waals surface area contributed by atoms with Crippen LogP contribution >= 0.6 is 0 Å². The lowest BCUT2D eigenvalue weighted by molar-refractivity contribution is 0.101. The largest absolute Gasteiger partial charge is 0.508 e. The Morgan fingerprint density at radius 3 is 2.17 bits per heavy atom. The van der Waals surface area contributed by atoms with E-state index in [0.29, 0.717) is 12.0 Å². The number of hydrogen-bond acceptors (Lipinski definition) is 4. The molecule has 0 aliphatic carbocycles. The van der Waals surface area contributed by atoms with Gasteiger partial charge in [0.2, 0.25) is 0 Å². The third-order valence-electron chi connectivity index (χ3n) is 4.58. The molecule has 0 saturated heterocycles. The average Bonchev–Trinajstić information content (AvgIpc) is 2.66. The lowest BCUT2D eigenvalue weighted by Gasteiger charge is -2.04. The molecule has 2 aromatic rings. The topological polar surface area (TPSA) is 77.8 Å². The third-order valence-corrected chi connectivity index (χ3v) is 4.58. The van der Waals surface area contributed by atoms with Crippen molar-refractivity contribution in [3.63, 3.8) is 0 Å². The van der Waals surface area contributed by atoms with Crippen molar-refractivity contribution in [3.05, 3.63) is 64.7 Å². The van der Waals surface area contributed by atoms with Crippen LogP contribution in [0.4, 0.5) is 0 Å². The molecule has 0 unspecified atom stereocenters. The maximum atomic E-state index is 11.1. The van der Waals surface area contributed by atoms with Gasteiger partial charge in [-0.25, -0.2) is 0 Å². The summed E-state index contributed by atoms with van der Waals surface area (Å²) in [4.78, 5) is 11.1. The van der Waals surface area contributed by atoms with Gasteiger partial charge in [0.25, 0.3) is 0 Å². The number of benzene rings is 2. The van der Waals surface area contributed by atoms with Crippen molar-refractivity contribution in [1.82, 2.24) is 0 Å². The van der Waals surface area contributed by atoms with Gasteiger partial charge < -0.3 is 15.3 Å². The minimum absolute atomic E-state index is 0.0217.